The van der Waals surface area contributed by atoms with E-state index in [1.165, 1.54) is 24.3 Å². The van der Waals surface area contributed by atoms with Crippen LogP contribution in [0.2, 0.25) is 0 Å². The lowest BCUT2D eigenvalue weighted by atomic mass is 10.2. The Kier molecular flexibility index (Phi) is 4.18. The maximum Gasteiger partial charge on any atom is 0.251 e. The fourth-order valence-corrected chi connectivity index (χ4v) is 2.52. The standard InChI is InChI=1S/C15H17NO4S/c1-10-4-9-14(20-10)11(2)16-15(17)12-5-7-13(8-6-12)21(3,18)19/h4-9,11H,1-3H3,(H,16,17)/t11-/m1/s1. The summed E-state index contributed by atoms with van der Waals surface area (Å²) < 4.78 is 28.2. The van der Waals surface area contributed by atoms with Crippen LogP contribution in [0.4, 0.5) is 0 Å². The minimum absolute atomic E-state index is 0.189. The minimum atomic E-state index is -3.26. The molecule has 0 aliphatic heterocycles. The Balaban J connectivity index is 2.10. The predicted octanol–water partition coefficient (Wildman–Crippen LogP) is 2.48. The van der Waals surface area contributed by atoms with E-state index in [4.69, 9.17) is 4.42 Å². The molecule has 0 bridgehead atoms. The van der Waals surface area contributed by atoms with Gasteiger partial charge in [0, 0.05) is 11.8 Å². The third kappa shape index (κ3) is 3.72. The van der Waals surface area contributed by atoms with E-state index in [-0.39, 0.29) is 16.8 Å². The summed E-state index contributed by atoms with van der Waals surface area (Å²) in [5.41, 5.74) is 0.400. The van der Waals surface area contributed by atoms with Gasteiger partial charge >= 0.3 is 0 Å². The lowest BCUT2D eigenvalue weighted by Crippen LogP contribution is -2.26. The van der Waals surface area contributed by atoms with E-state index in [2.05, 4.69) is 5.32 Å². The van der Waals surface area contributed by atoms with Crippen molar-refractivity contribution >= 4 is 15.7 Å². The highest BCUT2D eigenvalue weighted by Crippen LogP contribution is 2.17. The lowest BCUT2D eigenvalue weighted by Gasteiger charge is -2.11. The van der Waals surface area contributed by atoms with Crippen LogP contribution < -0.4 is 5.32 Å². The van der Waals surface area contributed by atoms with Crippen molar-refractivity contribution in [1.29, 1.82) is 0 Å². The number of amides is 1. The van der Waals surface area contributed by atoms with E-state index in [9.17, 15) is 13.2 Å². The van der Waals surface area contributed by atoms with Crippen LogP contribution in [0.15, 0.2) is 45.7 Å². The molecule has 0 aliphatic carbocycles. The number of benzene rings is 1. The van der Waals surface area contributed by atoms with Crippen molar-refractivity contribution in [3.8, 4) is 0 Å². The van der Waals surface area contributed by atoms with Gasteiger partial charge in [0.25, 0.3) is 5.91 Å². The predicted molar refractivity (Wildman–Crippen MR) is 78.9 cm³/mol. The van der Waals surface area contributed by atoms with Gasteiger partial charge in [0.15, 0.2) is 9.84 Å². The number of hydrogen-bond acceptors (Lipinski definition) is 4. The monoisotopic (exact) mass is 307 g/mol. The summed E-state index contributed by atoms with van der Waals surface area (Å²) in [6.45, 7) is 3.66. The van der Waals surface area contributed by atoms with Crippen molar-refractivity contribution in [2.24, 2.45) is 0 Å². The molecule has 1 aromatic carbocycles. The second kappa shape index (κ2) is 5.73. The van der Waals surface area contributed by atoms with E-state index in [0.717, 1.165) is 12.0 Å². The smallest absolute Gasteiger partial charge is 0.251 e. The van der Waals surface area contributed by atoms with Gasteiger partial charge in [-0.25, -0.2) is 8.42 Å². The zero-order chi connectivity index (χ0) is 15.6. The number of nitrogens with one attached hydrogen (secondary N) is 1. The summed E-state index contributed by atoms with van der Waals surface area (Å²) in [6, 6.07) is 9.21. The average Bonchev–Trinajstić information content (AvgIpc) is 2.84. The van der Waals surface area contributed by atoms with E-state index in [0.29, 0.717) is 11.3 Å². The highest BCUT2D eigenvalue weighted by atomic mass is 32.2. The highest BCUT2D eigenvalue weighted by Gasteiger charge is 2.15. The first-order valence-corrected chi connectivity index (χ1v) is 8.34. The third-order valence-corrected chi connectivity index (χ3v) is 4.21. The van der Waals surface area contributed by atoms with Crippen molar-refractivity contribution in [2.45, 2.75) is 24.8 Å². The fraction of sp³-hybridized carbons (Fsp3) is 0.267. The van der Waals surface area contributed by atoms with Gasteiger partial charge in [0.2, 0.25) is 0 Å². The summed E-state index contributed by atoms with van der Waals surface area (Å²) in [5, 5.41) is 2.80. The topological polar surface area (TPSA) is 76.4 Å². The molecule has 1 amide bonds. The zero-order valence-electron chi connectivity index (χ0n) is 12.1. The molecule has 0 unspecified atom stereocenters. The first-order chi connectivity index (χ1) is 9.77. The molecule has 1 aromatic heterocycles. The Morgan fingerprint density at radius 2 is 1.76 bits per heavy atom. The molecule has 0 radical (unpaired) electrons. The van der Waals surface area contributed by atoms with Crippen LogP contribution in [0.3, 0.4) is 0 Å². The zero-order valence-corrected chi connectivity index (χ0v) is 12.9. The molecule has 0 aliphatic rings. The molecule has 5 nitrogen and oxygen atoms in total. The number of rotatable bonds is 4. The van der Waals surface area contributed by atoms with Gasteiger partial charge in [-0.3, -0.25) is 4.79 Å². The van der Waals surface area contributed by atoms with Crippen molar-refractivity contribution < 1.29 is 17.6 Å². The Labute approximate surface area is 123 Å². The molecular formula is C15H17NO4S. The van der Waals surface area contributed by atoms with Gasteiger partial charge in [0.05, 0.1) is 10.9 Å². The van der Waals surface area contributed by atoms with Crippen LogP contribution in [-0.2, 0) is 9.84 Å². The van der Waals surface area contributed by atoms with E-state index in [1.54, 1.807) is 0 Å². The second-order valence-electron chi connectivity index (χ2n) is 4.94. The van der Waals surface area contributed by atoms with Crippen molar-refractivity contribution in [2.75, 3.05) is 6.26 Å². The molecule has 1 atom stereocenters. The highest BCUT2D eigenvalue weighted by molar-refractivity contribution is 7.90. The minimum Gasteiger partial charge on any atom is -0.464 e. The molecule has 1 heterocycles. The van der Waals surface area contributed by atoms with Gasteiger partial charge < -0.3 is 9.73 Å². The van der Waals surface area contributed by atoms with Crippen LogP contribution in [0, 0.1) is 6.92 Å². The van der Waals surface area contributed by atoms with Crippen LogP contribution in [0.1, 0.15) is 34.8 Å². The molecule has 6 heteroatoms. The summed E-state index contributed by atoms with van der Waals surface area (Å²) in [6.07, 6.45) is 1.13. The first-order valence-electron chi connectivity index (χ1n) is 6.44. The molecule has 2 aromatic rings. The van der Waals surface area contributed by atoms with E-state index in [1.807, 2.05) is 26.0 Å². The second-order valence-corrected chi connectivity index (χ2v) is 6.96. The number of sulfone groups is 1. The number of carbonyl (C=O) groups is 1. The normalized spacial score (nSPS) is 12.9. The first kappa shape index (κ1) is 15.3. The third-order valence-electron chi connectivity index (χ3n) is 3.08. The molecular weight excluding hydrogens is 290 g/mol. The van der Waals surface area contributed by atoms with E-state index >= 15 is 0 Å². The summed E-state index contributed by atoms with van der Waals surface area (Å²) in [4.78, 5) is 12.3. The maximum atomic E-state index is 12.1. The van der Waals surface area contributed by atoms with Crippen LogP contribution in [0.5, 0.6) is 0 Å². The van der Waals surface area contributed by atoms with Gasteiger partial charge in [-0.05, 0) is 50.2 Å². The average molecular weight is 307 g/mol. The number of hydrogen-bond donors (Lipinski definition) is 1. The Hall–Kier alpha value is -2.08. The Bertz CT molecular complexity index is 744. The molecule has 112 valence electrons. The molecule has 0 fully saturated rings. The molecule has 0 saturated heterocycles. The summed E-state index contributed by atoms with van der Waals surface area (Å²) in [5.74, 6) is 1.17. The molecule has 1 N–H and O–H groups in total. The van der Waals surface area contributed by atoms with Crippen LogP contribution in [0.25, 0.3) is 0 Å². The quantitative estimate of drug-likeness (QED) is 0.941. The summed E-state index contributed by atoms with van der Waals surface area (Å²) in [7, 11) is -3.26. The Morgan fingerprint density at radius 3 is 2.24 bits per heavy atom. The van der Waals surface area contributed by atoms with Crippen molar-refractivity contribution in [3.63, 3.8) is 0 Å². The van der Waals surface area contributed by atoms with E-state index < -0.39 is 9.84 Å². The van der Waals surface area contributed by atoms with Gasteiger partial charge in [-0.2, -0.15) is 0 Å². The maximum absolute atomic E-state index is 12.1. The molecule has 0 saturated carbocycles. The number of furan rings is 1. The summed E-state index contributed by atoms with van der Waals surface area (Å²) >= 11 is 0. The largest absolute Gasteiger partial charge is 0.464 e. The van der Waals surface area contributed by atoms with Gasteiger partial charge in [-0.15, -0.1) is 0 Å². The fourth-order valence-electron chi connectivity index (χ4n) is 1.89. The van der Waals surface area contributed by atoms with Gasteiger partial charge in [-0.1, -0.05) is 0 Å². The lowest BCUT2D eigenvalue weighted by molar-refractivity contribution is 0.0935. The molecule has 21 heavy (non-hydrogen) atoms. The van der Waals surface area contributed by atoms with Crippen molar-refractivity contribution in [3.05, 3.63) is 53.5 Å². The molecule has 0 spiro atoms. The van der Waals surface area contributed by atoms with Crippen LogP contribution >= 0.6 is 0 Å². The van der Waals surface area contributed by atoms with Gasteiger partial charge in [0.1, 0.15) is 11.5 Å². The number of carbonyl (C=O) groups excluding carboxylic acids is 1. The SMILES string of the molecule is Cc1ccc([C@@H](C)NC(=O)c2ccc(S(C)(=O)=O)cc2)o1. The molecule has 2 rings (SSSR count). The Morgan fingerprint density at radius 1 is 1.14 bits per heavy atom. The number of aryl methyl sites for hydroxylation is 1. The van der Waals surface area contributed by atoms with Crippen molar-refractivity contribution in [1.82, 2.24) is 5.32 Å². The van der Waals surface area contributed by atoms with Crippen LogP contribution in [-0.4, -0.2) is 20.6 Å².